The Kier molecular flexibility index (Phi) is 6.59. The predicted molar refractivity (Wildman–Crippen MR) is 74.3 cm³/mol. The molecule has 20 heavy (non-hydrogen) atoms. The number of thiazole rings is 1. The molecule has 0 radical (unpaired) electrons. The van der Waals surface area contributed by atoms with Gasteiger partial charge in [-0.2, -0.15) is 0 Å². The lowest BCUT2D eigenvalue weighted by molar-refractivity contribution is 0.0514. The van der Waals surface area contributed by atoms with Crippen LogP contribution >= 0.6 is 11.3 Å². The minimum absolute atomic E-state index is 0.0100. The van der Waals surface area contributed by atoms with Gasteiger partial charge in [-0.05, 0) is 6.42 Å². The van der Waals surface area contributed by atoms with Crippen LogP contribution in [0.25, 0.3) is 0 Å². The number of rotatable bonds is 8. The van der Waals surface area contributed by atoms with E-state index in [1.165, 1.54) is 0 Å². The molecule has 0 aromatic carbocycles. The van der Waals surface area contributed by atoms with E-state index in [0.717, 1.165) is 22.7 Å². The number of aromatic nitrogens is 1. The van der Waals surface area contributed by atoms with Crippen molar-refractivity contribution in [2.24, 2.45) is 0 Å². The Labute approximate surface area is 119 Å². The molecule has 6 nitrogen and oxygen atoms in total. The summed E-state index contributed by atoms with van der Waals surface area (Å²) in [5.41, 5.74) is 5.64. The maximum Gasteiger partial charge on any atom is 0.268 e. The predicted octanol–water partition coefficient (Wildman–Crippen LogP) is 1.25. The molecule has 4 N–H and O–H groups in total. The van der Waals surface area contributed by atoms with Crippen LogP contribution in [-0.4, -0.2) is 53.6 Å². The van der Waals surface area contributed by atoms with Crippen molar-refractivity contribution in [2.45, 2.75) is 19.8 Å². The summed E-state index contributed by atoms with van der Waals surface area (Å²) in [4.78, 5) is 17.1. The van der Waals surface area contributed by atoms with Gasteiger partial charge in [-0.1, -0.05) is 18.3 Å². The lowest BCUT2D eigenvalue weighted by Crippen LogP contribution is -2.37. The quantitative estimate of drug-likeness (QED) is 0.672. The number of halogens is 2. The van der Waals surface area contributed by atoms with Gasteiger partial charge in [0.05, 0.1) is 13.2 Å². The Hall–Kier alpha value is -1.48. The summed E-state index contributed by atoms with van der Waals surface area (Å²) in [6.45, 7) is 1.35. The second-order valence-corrected chi connectivity index (χ2v) is 5.03. The third-order valence-electron chi connectivity index (χ3n) is 2.39. The van der Waals surface area contributed by atoms with E-state index < -0.39 is 25.5 Å². The van der Waals surface area contributed by atoms with Gasteiger partial charge in [0.15, 0.2) is 5.13 Å². The van der Waals surface area contributed by atoms with Gasteiger partial charge >= 0.3 is 0 Å². The zero-order chi connectivity index (χ0) is 15.1. The van der Waals surface area contributed by atoms with E-state index >= 15 is 0 Å². The second kappa shape index (κ2) is 7.95. The van der Waals surface area contributed by atoms with Crippen molar-refractivity contribution in [2.75, 3.05) is 37.3 Å². The third kappa shape index (κ3) is 4.57. The minimum Gasteiger partial charge on any atom is -0.395 e. The van der Waals surface area contributed by atoms with E-state index in [0.29, 0.717) is 11.7 Å². The lowest BCUT2D eigenvalue weighted by atomic mass is 10.4. The second-order valence-electron chi connectivity index (χ2n) is 4.03. The molecule has 0 saturated heterocycles. The Morgan fingerprint density at radius 3 is 2.85 bits per heavy atom. The highest BCUT2D eigenvalue weighted by Gasteiger charge is 2.24. The van der Waals surface area contributed by atoms with Gasteiger partial charge in [0.2, 0.25) is 0 Å². The van der Waals surface area contributed by atoms with E-state index in [-0.39, 0.29) is 17.2 Å². The molecule has 1 heterocycles. The fraction of sp³-hybridized carbons (Fsp3) is 0.636. The molecule has 0 aliphatic rings. The molecule has 114 valence electrons. The van der Waals surface area contributed by atoms with Crippen LogP contribution in [0.1, 0.15) is 23.0 Å². The number of alkyl halides is 2. The summed E-state index contributed by atoms with van der Waals surface area (Å²) in [5, 5.41) is 12.3. The number of aliphatic hydroxyl groups excluding tert-OH is 1. The Balaban J connectivity index is 2.84. The van der Waals surface area contributed by atoms with Crippen LogP contribution < -0.4 is 11.1 Å². The molecule has 0 unspecified atom stereocenters. The van der Waals surface area contributed by atoms with Crippen LogP contribution in [0.5, 0.6) is 0 Å². The fourth-order valence-electron chi connectivity index (χ4n) is 1.50. The first-order chi connectivity index (χ1) is 9.49. The number of anilines is 2. The molecule has 0 saturated carbocycles. The molecule has 0 spiro atoms. The molecular formula is C11H18F2N4O2S. The average Bonchev–Trinajstić information content (AvgIpc) is 2.75. The molecule has 1 amide bonds. The summed E-state index contributed by atoms with van der Waals surface area (Å²) in [5.74, 6) is -0.630. The number of carbonyl (C=O) groups excluding carboxylic acids is 1. The van der Waals surface area contributed by atoms with Crippen molar-refractivity contribution in [3.8, 4) is 0 Å². The van der Waals surface area contributed by atoms with Crippen LogP contribution in [0.4, 0.5) is 19.7 Å². The smallest absolute Gasteiger partial charge is 0.268 e. The average molecular weight is 308 g/mol. The first-order valence-electron chi connectivity index (χ1n) is 6.18. The summed E-state index contributed by atoms with van der Waals surface area (Å²) < 4.78 is 24.9. The highest BCUT2D eigenvalue weighted by Crippen LogP contribution is 2.26. The number of hydrogen-bond acceptors (Lipinski definition) is 6. The van der Waals surface area contributed by atoms with Gasteiger partial charge in [-0.15, -0.1) is 0 Å². The van der Waals surface area contributed by atoms with Gasteiger partial charge < -0.3 is 21.1 Å². The zero-order valence-corrected chi connectivity index (χ0v) is 11.9. The number of amides is 1. The van der Waals surface area contributed by atoms with Gasteiger partial charge in [0, 0.05) is 13.1 Å². The third-order valence-corrected chi connectivity index (χ3v) is 3.41. The molecule has 0 aliphatic carbocycles. The van der Waals surface area contributed by atoms with Crippen molar-refractivity contribution in [1.29, 1.82) is 0 Å². The van der Waals surface area contributed by atoms with E-state index in [4.69, 9.17) is 10.8 Å². The topological polar surface area (TPSA) is 91.5 Å². The van der Waals surface area contributed by atoms with Crippen LogP contribution in [0, 0.1) is 0 Å². The fourth-order valence-corrected chi connectivity index (χ4v) is 2.38. The Bertz CT molecular complexity index is 442. The SMILES string of the molecule is CCCNc1nc(N)c(C(=O)N(CCO)CC(F)F)s1. The summed E-state index contributed by atoms with van der Waals surface area (Å²) >= 11 is 1.02. The van der Waals surface area contributed by atoms with E-state index in [9.17, 15) is 13.6 Å². The van der Waals surface area contributed by atoms with Crippen LogP contribution in [0.15, 0.2) is 0 Å². The van der Waals surface area contributed by atoms with Crippen molar-refractivity contribution in [3.63, 3.8) is 0 Å². The van der Waals surface area contributed by atoms with Crippen LogP contribution in [0.2, 0.25) is 0 Å². The number of aliphatic hydroxyl groups is 1. The van der Waals surface area contributed by atoms with Crippen molar-refractivity contribution in [1.82, 2.24) is 9.88 Å². The molecule has 0 bridgehead atoms. The number of nitrogens with zero attached hydrogens (tertiary/aromatic N) is 2. The molecule has 1 aromatic heterocycles. The van der Waals surface area contributed by atoms with E-state index in [1.807, 2.05) is 6.92 Å². The Morgan fingerprint density at radius 2 is 2.30 bits per heavy atom. The van der Waals surface area contributed by atoms with Gasteiger partial charge in [0.25, 0.3) is 12.3 Å². The number of hydrogen-bond donors (Lipinski definition) is 3. The van der Waals surface area contributed by atoms with Gasteiger partial charge in [-0.25, -0.2) is 13.8 Å². The van der Waals surface area contributed by atoms with Crippen molar-refractivity contribution < 1.29 is 18.7 Å². The monoisotopic (exact) mass is 308 g/mol. The van der Waals surface area contributed by atoms with Gasteiger partial charge in [-0.3, -0.25) is 4.79 Å². The highest BCUT2D eigenvalue weighted by molar-refractivity contribution is 7.18. The van der Waals surface area contributed by atoms with E-state index in [1.54, 1.807) is 0 Å². The molecule has 1 rings (SSSR count). The highest BCUT2D eigenvalue weighted by atomic mass is 32.1. The summed E-state index contributed by atoms with van der Waals surface area (Å²) in [7, 11) is 0. The number of nitrogen functional groups attached to an aromatic ring is 1. The molecule has 0 atom stereocenters. The molecule has 9 heteroatoms. The zero-order valence-electron chi connectivity index (χ0n) is 11.1. The first kappa shape index (κ1) is 16.6. The molecular weight excluding hydrogens is 290 g/mol. The first-order valence-corrected chi connectivity index (χ1v) is 6.99. The maximum absolute atomic E-state index is 12.4. The van der Waals surface area contributed by atoms with Gasteiger partial charge in [0.1, 0.15) is 10.7 Å². The largest absolute Gasteiger partial charge is 0.395 e. The summed E-state index contributed by atoms with van der Waals surface area (Å²) in [6.07, 6.45) is -1.79. The number of nitrogens with two attached hydrogens (primary N) is 1. The molecule has 1 aromatic rings. The van der Waals surface area contributed by atoms with Crippen LogP contribution in [0.3, 0.4) is 0 Å². The maximum atomic E-state index is 12.4. The van der Waals surface area contributed by atoms with Crippen LogP contribution in [-0.2, 0) is 0 Å². The Morgan fingerprint density at radius 1 is 1.60 bits per heavy atom. The normalized spacial score (nSPS) is 10.8. The number of nitrogens with one attached hydrogen (secondary N) is 1. The summed E-state index contributed by atoms with van der Waals surface area (Å²) in [6, 6.07) is 0. The van der Waals surface area contributed by atoms with Crippen molar-refractivity contribution in [3.05, 3.63) is 4.88 Å². The lowest BCUT2D eigenvalue weighted by Gasteiger charge is -2.20. The number of carbonyl (C=O) groups is 1. The standard InChI is InChI=1S/C11H18F2N4O2S/c1-2-3-15-11-16-9(14)8(20-11)10(19)17(4-5-18)6-7(12)13/h7,18H,2-6,14H2,1H3,(H,15,16). The van der Waals surface area contributed by atoms with Crippen molar-refractivity contribution >= 4 is 28.2 Å². The minimum atomic E-state index is -2.67. The molecule has 0 fully saturated rings. The molecule has 0 aliphatic heterocycles. The van der Waals surface area contributed by atoms with E-state index in [2.05, 4.69) is 10.3 Å².